The Morgan fingerprint density at radius 1 is 1.03 bits per heavy atom. The number of amides is 2. The van der Waals surface area contributed by atoms with Crippen LogP contribution in [0.1, 0.15) is 46.9 Å². The van der Waals surface area contributed by atoms with Gasteiger partial charge in [0, 0.05) is 37.8 Å². The smallest absolute Gasteiger partial charge is 0.261 e. The minimum Gasteiger partial charge on any atom is -0.493 e. The molecule has 0 N–H and O–H groups in total. The third kappa shape index (κ3) is 4.35. The van der Waals surface area contributed by atoms with Crippen molar-refractivity contribution >= 4 is 28.4 Å². The van der Waals surface area contributed by atoms with Crippen molar-refractivity contribution in [3.05, 3.63) is 59.8 Å². The van der Waals surface area contributed by atoms with Gasteiger partial charge in [0.2, 0.25) is 0 Å². The normalized spacial score (nSPS) is 12.9. The molecular weight excluding hydrogens is 418 g/mol. The lowest BCUT2D eigenvalue weighted by Gasteiger charge is -2.23. The fourth-order valence-electron chi connectivity index (χ4n) is 4.16. The number of rotatable bonds is 10. The monoisotopic (exact) mass is 447 g/mol. The van der Waals surface area contributed by atoms with E-state index in [0.29, 0.717) is 35.8 Å². The van der Waals surface area contributed by atoms with E-state index in [1.54, 1.807) is 37.6 Å². The Bertz CT molecular complexity index is 1140. The van der Waals surface area contributed by atoms with E-state index in [2.05, 4.69) is 16.8 Å². The SMILES string of the molecule is CCCOc1c(OC)cc(N(C)CCCCN2C(=O)c3ccccc3C2=O)c2ncccc12. The summed E-state index contributed by atoms with van der Waals surface area (Å²) >= 11 is 0. The maximum atomic E-state index is 12.5. The fraction of sp³-hybridized carbons (Fsp3) is 0.346. The summed E-state index contributed by atoms with van der Waals surface area (Å²) in [7, 11) is 3.65. The molecule has 2 amide bonds. The molecule has 2 aromatic carbocycles. The molecule has 1 aromatic heterocycles. The molecule has 0 saturated carbocycles. The molecule has 0 bridgehead atoms. The number of nitrogens with zero attached hydrogens (tertiary/aromatic N) is 3. The van der Waals surface area contributed by atoms with Gasteiger partial charge in [-0.1, -0.05) is 19.1 Å². The molecule has 0 radical (unpaired) electrons. The van der Waals surface area contributed by atoms with E-state index >= 15 is 0 Å². The van der Waals surface area contributed by atoms with Gasteiger partial charge in [-0.05, 0) is 43.5 Å². The Hall–Kier alpha value is -3.61. The maximum Gasteiger partial charge on any atom is 0.261 e. The lowest BCUT2D eigenvalue weighted by molar-refractivity contribution is 0.0652. The van der Waals surface area contributed by atoms with Gasteiger partial charge in [-0.25, -0.2) is 0 Å². The summed E-state index contributed by atoms with van der Waals surface area (Å²) in [5.74, 6) is 0.986. The predicted octanol–water partition coefficient (Wildman–Crippen LogP) is 4.54. The third-order valence-electron chi connectivity index (χ3n) is 5.87. The third-order valence-corrected chi connectivity index (χ3v) is 5.87. The summed E-state index contributed by atoms with van der Waals surface area (Å²) in [6, 6.07) is 12.8. The average Bonchev–Trinajstić information content (AvgIpc) is 3.09. The Morgan fingerprint density at radius 2 is 1.76 bits per heavy atom. The topological polar surface area (TPSA) is 72.0 Å². The van der Waals surface area contributed by atoms with Crippen LogP contribution >= 0.6 is 0 Å². The standard InChI is InChI=1S/C26H29N3O4/c1-4-16-33-24-20-12-9-13-27-23(20)21(17-22(24)32-3)28(2)14-7-8-15-29-25(30)18-10-5-6-11-19(18)26(29)31/h5-6,9-13,17H,4,7-8,14-16H2,1-3H3. The molecule has 2 heterocycles. The van der Waals surface area contributed by atoms with Crippen LogP contribution in [0.4, 0.5) is 5.69 Å². The zero-order valence-corrected chi connectivity index (χ0v) is 19.3. The van der Waals surface area contributed by atoms with Gasteiger partial charge in [0.05, 0.1) is 36.0 Å². The highest BCUT2D eigenvalue weighted by molar-refractivity contribution is 6.21. The van der Waals surface area contributed by atoms with Crippen LogP contribution in [-0.4, -0.2) is 55.6 Å². The highest BCUT2D eigenvalue weighted by Crippen LogP contribution is 2.40. The first kappa shape index (κ1) is 22.6. The second kappa shape index (κ2) is 9.90. The van der Waals surface area contributed by atoms with E-state index in [1.807, 2.05) is 25.2 Å². The lowest BCUT2D eigenvalue weighted by Crippen LogP contribution is -2.31. The van der Waals surface area contributed by atoms with Crippen LogP contribution in [-0.2, 0) is 0 Å². The molecule has 0 spiro atoms. The first-order chi connectivity index (χ1) is 16.1. The second-order valence-electron chi connectivity index (χ2n) is 8.11. The maximum absolute atomic E-state index is 12.5. The number of imide groups is 1. The zero-order chi connectivity index (χ0) is 23.4. The second-order valence-corrected chi connectivity index (χ2v) is 8.11. The Labute approximate surface area is 193 Å². The van der Waals surface area contributed by atoms with Gasteiger partial charge in [0.15, 0.2) is 11.5 Å². The van der Waals surface area contributed by atoms with E-state index in [4.69, 9.17) is 9.47 Å². The van der Waals surface area contributed by atoms with Gasteiger partial charge in [-0.15, -0.1) is 0 Å². The molecule has 1 aliphatic heterocycles. The number of benzene rings is 2. The summed E-state index contributed by atoms with van der Waals surface area (Å²) in [5, 5.41) is 0.915. The number of methoxy groups -OCH3 is 1. The van der Waals surface area contributed by atoms with Crippen LogP contribution in [0.15, 0.2) is 48.7 Å². The number of hydrogen-bond acceptors (Lipinski definition) is 6. The van der Waals surface area contributed by atoms with Gasteiger partial charge < -0.3 is 14.4 Å². The van der Waals surface area contributed by atoms with Crippen LogP contribution in [0.5, 0.6) is 11.5 Å². The Balaban J connectivity index is 1.44. The Morgan fingerprint density at radius 3 is 2.42 bits per heavy atom. The summed E-state index contributed by atoms with van der Waals surface area (Å²) in [6.45, 7) is 3.82. The molecule has 1 aliphatic rings. The number of anilines is 1. The van der Waals surface area contributed by atoms with E-state index in [0.717, 1.165) is 42.4 Å². The molecule has 33 heavy (non-hydrogen) atoms. The molecule has 172 valence electrons. The number of hydrogen-bond donors (Lipinski definition) is 0. The zero-order valence-electron chi connectivity index (χ0n) is 19.3. The fourth-order valence-corrected chi connectivity index (χ4v) is 4.16. The molecule has 4 rings (SSSR count). The van der Waals surface area contributed by atoms with Crippen molar-refractivity contribution in [3.63, 3.8) is 0 Å². The minimum absolute atomic E-state index is 0.202. The molecule has 0 saturated heterocycles. The highest BCUT2D eigenvalue weighted by Gasteiger charge is 2.34. The van der Waals surface area contributed by atoms with Crippen molar-refractivity contribution in [1.29, 1.82) is 0 Å². The van der Waals surface area contributed by atoms with Crippen molar-refractivity contribution < 1.29 is 19.1 Å². The molecule has 0 unspecified atom stereocenters. The molecule has 0 aliphatic carbocycles. The molecule has 7 heteroatoms. The highest BCUT2D eigenvalue weighted by atomic mass is 16.5. The molecule has 7 nitrogen and oxygen atoms in total. The van der Waals surface area contributed by atoms with E-state index in [9.17, 15) is 9.59 Å². The van der Waals surface area contributed by atoms with Crippen LogP contribution in [0.2, 0.25) is 0 Å². The van der Waals surface area contributed by atoms with Crippen molar-refractivity contribution in [3.8, 4) is 11.5 Å². The van der Waals surface area contributed by atoms with Gasteiger partial charge in [-0.3, -0.25) is 19.5 Å². The summed E-state index contributed by atoms with van der Waals surface area (Å²) < 4.78 is 11.6. The first-order valence-corrected chi connectivity index (χ1v) is 11.3. The number of carbonyl (C=O) groups is 2. The molecule has 0 fully saturated rings. The van der Waals surface area contributed by atoms with Crippen LogP contribution in [0.3, 0.4) is 0 Å². The summed E-state index contributed by atoms with van der Waals surface area (Å²) in [4.78, 5) is 33.2. The van der Waals surface area contributed by atoms with Gasteiger partial charge in [0.25, 0.3) is 11.8 Å². The summed E-state index contributed by atoms with van der Waals surface area (Å²) in [6.07, 6.45) is 4.21. The molecular formula is C26H29N3O4. The number of pyridine rings is 1. The van der Waals surface area contributed by atoms with Gasteiger partial charge in [0.1, 0.15) is 0 Å². The van der Waals surface area contributed by atoms with E-state index < -0.39 is 0 Å². The number of ether oxygens (including phenoxy) is 2. The minimum atomic E-state index is -0.202. The van der Waals surface area contributed by atoms with Crippen molar-refractivity contribution in [2.24, 2.45) is 0 Å². The first-order valence-electron chi connectivity index (χ1n) is 11.3. The van der Waals surface area contributed by atoms with Crippen molar-refractivity contribution in [2.75, 3.05) is 38.8 Å². The molecule has 3 aromatic rings. The number of aromatic nitrogens is 1. The summed E-state index contributed by atoms with van der Waals surface area (Å²) in [5.41, 5.74) is 2.79. The van der Waals surface area contributed by atoms with Crippen molar-refractivity contribution in [1.82, 2.24) is 9.88 Å². The molecule has 0 atom stereocenters. The van der Waals surface area contributed by atoms with Gasteiger partial charge >= 0.3 is 0 Å². The Kier molecular flexibility index (Phi) is 6.77. The number of unbranched alkanes of at least 4 members (excludes halogenated alkanes) is 1. The van der Waals surface area contributed by atoms with Crippen LogP contribution in [0, 0.1) is 0 Å². The average molecular weight is 448 g/mol. The lowest BCUT2D eigenvalue weighted by atomic mass is 10.1. The predicted molar refractivity (Wildman–Crippen MR) is 128 cm³/mol. The van der Waals surface area contributed by atoms with Crippen LogP contribution < -0.4 is 14.4 Å². The van der Waals surface area contributed by atoms with Crippen molar-refractivity contribution in [2.45, 2.75) is 26.2 Å². The quantitative estimate of drug-likeness (QED) is 0.336. The number of carbonyl (C=O) groups excluding carboxylic acids is 2. The largest absolute Gasteiger partial charge is 0.493 e. The van der Waals surface area contributed by atoms with Crippen LogP contribution in [0.25, 0.3) is 10.9 Å². The van der Waals surface area contributed by atoms with E-state index in [-0.39, 0.29) is 11.8 Å². The number of fused-ring (bicyclic) bond motifs is 2. The van der Waals surface area contributed by atoms with Gasteiger partial charge in [-0.2, -0.15) is 0 Å². The van der Waals surface area contributed by atoms with E-state index in [1.165, 1.54) is 4.90 Å².